The van der Waals surface area contributed by atoms with Crippen molar-refractivity contribution in [2.45, 2.75) is 25.7 Å². The quantitative estimate of drug-likeness (QED) is 0.868. The van der Waals surface area contributed by atoms with E-state index in [1.807, 2.05) is 12.3 Å². The second-order valence-corrected chi connectivity index (χ2v) is 8.28. The Morgan fingerprint density at radius 1 is 1.09 bits per heavy atom. The number of rotatable bonds is 3. The zero-order chi connectivity index (χ0) is 16.4. The second-order valence-electron chi connectivity index (χ2n) is 6.30. The van der Waals surface area contributed by atoms with Crippen molar-refractivity contribution in [3.63, 3.8) is 0 Å². The van der Waals surface area contributed by atoms with Crippen LogP contribution in [0.15, 0.2) is 42.6 Å². The predicted molar refractivity (Wildman–Crippen MR) is 92.8 cm³/mol. The Labute approximate surface area is 138 Å². The van der Waals surface area contributed by atoms with E-state index in [1.54, 1.807) is 4.31 Å². The zero-order valence-corrected chi connectivity index (χ0v) is 14.4. The maximum Gasteiger partial charge on any atom is 0.211 e. The maximum absolute atomic E-state index is 11.7. The van der Waals surface area contributed by atoms with Crippen LogP contribution in [-0.4, -0.2) is 37.1 Å². The van der Waals surface area contributed by atoms with Gasteiger partial charge in [0.15, 0.2) is 0 Å². The van der Waals surface area contributed by atoms with Crippen LogP contribution in [0.3, 0.4) is 0 Å². The van der Waals surface area contributed by atoms with Gasteiger partial charge in [0, 0.05) is 36.5 Å². The van der Waals surface area contributed by atoms with Crippen molar-refractivity contribution < 1.29 is 8.42 Å². The van der Waals surface area contributed by atoms with Gasteiger partial charge in [-0.15, -0.1) is 0 Å². The summed E-state index contributed by atoms with van der Waals surface area (Å²) in [6.45, 7) is 3.23. The number of pyridine rings is 1. The van der Waals surface area contributed by atoms with Crippen LogP contribution in [0, 0.1) is 6.92 Å². The molecule has 0 saturated carbocycles. The fraction of sp³-hybridized carbons (Fsp3) is 0.389. The maximum atomic E-state index is 11.7. The first kappa shape index (κ1) is 16.1. The Kier molecular flexibility index (Phi) is 4.50. The molecule has 0 amide bonds. The van der Waals surface area contributed by atoms with Crippen LogP contribution in [0.4, 0.5) is 0 Å². The summed E-state index contributed by atoms with van der Waals surface area (Å²) in [4.78, 5) is 4.60. The minimum atomic E-state index is -3.12. The van der Waals surface area contributed by atoms with Gasteiger partial charge in [-0.05, 0) is 31.4 Å². The van der Waals surface area contributed by atoms with Gasteiger partial charge in [-0.2, -0.15) is 0 Å². The number of nitrogens with zero attached hydrogens (tertiary/aromatic N) is 2. The van der Waals surface area contributed by atoms with E-state index in [-0.39, 0.29) is 5.92 Å². The smallest absolute Gasteiger partial charge is 0.211 e. The van der Waals surface area contributed by atoms with Crippen molar-refractivity contribution in [3.8, 4) is 11.1 Å². The van der Waals surface area contributed by atoms with Crippen LogP contribution in [0.1, 0.15) is 30.0 Å². The third-order valence-corrected chi connectivity index (χ3v) is 5.71. The summed E-state index contributed by atoms with van der Waals surface area (Å²) < 4.78 is 25.0. The number of piperidine rings is 1. The van der Waals surface area contributed by atoms with Gasteiger partial charge >= 0.3 is 0 Å². The lowest BCUT2D eigenvalue weighted by Crippen LogP contribution is -2.38. The van der Waals surface area contributed by atoms with Crippen molar-refractivity contribution in [2.24, 2.45) is 0 Å². The average molecular weight is 330 g/mol. The SMILES string of the molecule is Cc1ccc(-c2ccc([C@H]3CCCN(S(C)(=O)=O)C3)nc2)cc1. The number of sulfonamides is 1. The summed E-state index contributed by atoms with van der Waals surface area (Å²) in [7, 11) is -3.12. The summed E-state index contributed by atoms with van der Waals surface area (Å²) in [5.74, 6) is 0.186. The van der Waals surface area contributed by atoms with E-state index in [2.05, 4.69) is 42.2 Å². The molecule has 0 radical (unpaired) electrons. The van der Waals surface area contributed by atoms with Crippen LogP contribution >= 0.6 is 0 Å². The Bertz CT molecular complexity index is 768. The van der Waals surface area contributed by atoms with E-state index in [0.29, 0.717) is 13.1 Å². The van der Waals surface area contributed by atoms with E-state index in [4.69, 9.17) is 0 Å². The Morgan fingerprint density at radius 3 is 2.39 bits per heavy atom. The lowest BCUT2D eigenvalue weighted by atomic mass is 9.95. The number of aryl methyl sites for hydroxylation is 1. The highest BCUT2D eigenvalue weighted by Crippen LogP contribution is 2.28. The van der Waals surface area contributed by atoms with Gasteiger partial charge in [-0.3, -0.25) is 4.98 Å². The molecule has 122 valence electrons. The monoisotopic (exact) mass is 330 g/mol. The van der Waals surface area contributed by atoms with E-state index in [0.717, 1.165) is 29.7 Å². The molecule has 2 aromatic rings. The van der Waals surface area contributed by atoms with Crippen molar-refractivity contribution >= 4 is 10.0 Å². The zero-order valence-electron chi connectivity index (χ0n) is 13.6. The standard InChI is InChI=1S/C18H22N2O2S/c1-14-5-7-15(8-6-14)16-9-10-18(19-12-16)17-4-3-11-20(13-17)23(2,21)22/h5-10,12,17H,3-4,11,13H2,1-2H3/t17-/m0/s1. The molecule has 1 fully saturated rings. The number of benzene rings is 1. The second kappa shape index (κ2) is 6.42. The Hall–Kier alpha value is -1.72. The Balaban J connectivity index is 1.78. The summed E-state index contributed by atoms with van der Waals surface area (Å²) >= 11 is 0. The molecule has 0 unspecified atom stereocenters. The number of aromatic nitrogens is 1. The normalized spacial score (nSPS) is 19.7. The van der Waals surface area contributed by atoms with Gasteiger partial charge in [-0.1, -0.05) is 35.9 Å². The average Bonchev–Trinajstić information content (AvgIpc) is 2.55. The van der Waals surface area contributed by atoms with Crippen LogP contribution in [0.25, 0.3) is 11.1 Å². The van der Waals surface area contributed by atoms with Crippen molar-refractivity contribution in [1.29, 1.82) is 0 Å². The molecular formula is C18H22N2O2S. The van der Waals surface area contributed by atoms with Gasteiger partial charge in [0.25, 0.3) is 0 Å². The molecule has 5 heteroatoms. The molecule has 1 atom stereocenters. The van der Waals surface area contributed by atoms with E-state index >= 15 is 0 Å². The van der Waals surface area contributed by atoms with Crippen LogP contribution < -0.4 is 0 Å². The minimum Gasteiger partial charge on any atom is -0.260 e. The molecule has 0 spiro atoms. The summed E-state index contributed by atoms with van der Waals surface area (Å²) in [6.07, 6.45) is 5.05. The molecule has 1 aliphatic rings. The topological polar surface area (TPSA) is 50.3 Å². The van der Waals surface area contributed by atoms with Crippen molar-refractivity contribution in [2.75, 3.05) is 19.3 Å². The van der Waals surface area contributed by atoms with Gasteiger partial charge < -0.3 is 0 Å². The first-order chi connectivity index (χ1) is 10.9. The number of hydrogen-bond donors (Lipinski definition) is 0. The van der Waals surface area contributed by atoms with Crippen molar-refractivity contribution in [1.82, 2.24) is 9.29 Å². The highest BCUT2D eigenvalue weighted by molar-refractivity contribution is 7.88. The van der Waals surface area contributed by atoms with Crippen LogP contribution in [0.2, 0.25) is 0 Å². The lowest BCUT2D eigenvalue weighted by Gasteiger charge is -2.30. The van der Waals surface area contributed by atoms with Crippen molar-refractivity contribution in [3.05, 3.63) is 53.9 Å². The fourth-order valence-electron chi connectivity index (χ4n) is 3.05. The van der Waals surface area contributed by atoms with Gasteiger partial charge in [-0.25, -0.2) is 12.7 Å². The highest BCUT2D eigenvalue weighted by Gasteiger charge is 2.27. The minimum absolute atomic E-state index is 0.186. The third-order valence-electron chi connectivity index (χ3n) is 4.44. The molecule has 2 heterocycles. The van der Waals surface area contributed by atoms with Crippen LogP contribution in [0.5, 0.6) is 0 Å². The molecule has 1 saturated heterocycles. The van der Waals surface area contributed by atoms with Crippen LogP contribution in [-0.2, 0) is 10.0 Å². The van der Waals surface area contributed by atoms with Gasteiger partial charge in [0.1, 0.15) is 0 Å². The van der Waals surface area contributed by atoms with Gasteiger partial charge in [0.05, 0.1) is 6.26 Å². The first-order valence-corrected chi connectivity index (χ1v) is 9.76. The Morgan fingerprint density at radius 2 is 1.78 bits per heavy atom. The summed E-state index contributed by atoms with van der Waals surface area (Å²) in [6, 6.07) is 12.5. The highest BCUT2D eigenvalue weighted by atomic mass is 32.2. The molecule has 1 aromatic carbocycles. The molecular weight excluding hydrogens is 308 g/mol. The lowest BCUT2D eigenvalue weighted by molar-refractivity contribution is 0.314. The fourth-order valence-corrected chi connectivity index (χ4v) is 3.96. The molecule has 0 bridgehead atoms. The molecule has 23 heavy (non-hydrogen) atoms. The first-order valence-electron chi connectivity index (χ1n) is 7.91. The molecule has 1 aromatic heterocycles. The third kappa shape index (κ3) is 3.79. The number of hydrogen-bond acceptors (Lipinski definition) is 3. The summed E-state index contributed by atoms with van der Waals surface area (Å²) in [5.41, 5.74) is 4.45. The molecule has 4 nitrogen and oxygen atoms in total. The molecule has 1 aliphatic heterocycles. The largest absolute Gasteiger partial charge is 0.260 e. The van der Waals surface area contributed by atoms with Gasteiger partial charge in [0.2, 0.25) is 10.0 Å². The molecule has 3 rings (SSSR count). The van der Waals surface area contributed by atoms with E-state index < -0.39 is 10.0 Å². The summed E-state index contributed by atoms with van der Waals surface area (Å²) in [5, 5.41) is 0. The molecule has 0 N–H and O–H groups in total. The molecule has 0 aliphatic carbocycles. The van der Waals surface area contributed by atoms with E-state index in [9.17, 15) is 8.42 Å². The van der Waals surface area contributed by atoms with E-state index in [1.165, 1.54) is 11.8 Å². The predicted octanol–water partition coefficient (Wildman–Crippen LogP) is 3.20.